The molecule has 4 heterocycles. The van der Waals surface area contributed by atoms with E-state index in [1.54, 1.807) is 0 Å². The zero-order chi connectivity index (χ0) is 33.3. The number of nitrogens with zero attached hydrogens (tertiary/aromatic N) is 2. The number of pyridine rings is 1. The summed E-state index contributed by atoms with van der Waals surface area (Å²) in [7, 11) is 0. The van der Waals surface area contributed by atoms with Crippen LogP contribution >= 0.6 is 0 Å². The second kappa shape index (κ2) is 11.2. The molecule has 0 amide bonds. The first-order chi connectivity index (χ1) is 24.7. The van der Waals surface area contributed by atoms with Crippen molar-refractivity contribution in [3.63, 3.8) is 0 Å². The van der Waals surface area contributed by atoms with Gasteiger partial charge in [-0.3, -0.25) is 0 Å². The van der Waals surface area contributed by atoms with Crippen LogP contribution in [-0.4, -0.2) is 8.97 Å². The average Bonchev–Trinajstić information content (AvgIpc) is 3.68. The predicted octanol–water partition coefficient (Wildman–Crippen LogP) is 12.9. The van der Waals surface area contributed by atoms with E-state index in [2.05, 4.69) is 168 Å². The lowest BCUT2D eigenvalue weighted by molar-refractivity contribution is 0.463. The Kier molecular flexibility index (Phi) is 6.50. The van der Waals surface area contributed by atoms with Gasteiger partial charge in [0.15, 0.2) is 0 Å². The fourth-order valence-electron chi connectivity index (χ4n) is 8.41. The number of hydrogen-bond acceptors (Lipinski definition) is 1. The van der Waals surface area contributed by atoms with Crippen LogP contribution < -0.4 is 0 Å². The molecule has 1 aliphatic rings. The first-order valence-electron chi connectivity index (χ1n) is 17.7. The van der Waals surface area contributed by atoms with Crippen molar-refractivity contribution < 1.29 is 4.74 Å². The van der Waals surface area contributed by atoms with Crippen LogP contribution in [0.25, 0.3) is 77.1 Å². The summed E-state index contributed by atoms with van der Waals surface area (Å²) in [6.07, 6.45) is 3.00. The molecular formula is C47H36N2O. The molecule has 0 aliphatic carbocycles. The molecule has 0 atom stereocenters. The van der Waals surface area contributed by atoms with Gasteiger partial charge >= 0.3 is 0 Å². The Bertz CT molecular complexity index is 2860. The number of para-hydroxylation sites is 2. The highest BCUT2D eigenvalue weighted by Gasteiger charge is 2.22. The second-order valence-corrected chi connectivity index (χ2v) is 13.6. The molecule has 0 saturated heterocycles. The van der Waals surface area contributed by atoms with Crippen molar-refractivity contribution in [2.24, 2.45) is 0 Å². The van der Waals surface area contributed by atoms with Crippen molar-refractivity contribution in [2.75, 3.05) is 0 Å². The Morgan fingerprint density at radius 1 is 0.500 bits per heavy atom. The van der Waals surface area contributed by atoms with E-state index in [4.69, 9.17) is 4.74 Å². The van der Waals surface area contributed by atoms with Crippen LogP contribution in [0.2, 0.25) is 0 Å². The Balaban J connectivity index is 1.16. The van der Waals surface area contributed by atoms with Gasteiger partial charge in [0, 0.05) is 43.7 Å². The van der Waals surface area contributed by atoms with Crippen LogP contribution in [0.15, 0.2) is 157 Å². The van der Waals surface area contributed by atoms with Gasteiger partial charge in [0.1, 0.15) is 11.5 Å². The summed E-state index contributed by atoms with van der Waals surface area (Å²) in [5.74, 6) is 1.98. The van der Waals surface area contributed by atoms with E-state index in [0.29, 0.717) is 0 Å². The average molecular weight is 645 g/mol. The maximum Gasteiger partial charge on any atom is 0.133 e. The summed E-state index contributed by atoms with van der Waals surface area (Å²) >= 11 is 0. The third-order valence-corrected chi connectivity index (χ3v) is 10.8. The molecular weight excluding hydrogens is 609 g/mol. The molecule has 240 valence electrons. The van der Waals surface area contributed by atoms with Crippen molar-refractivity contribution in [3.8, 4) is 5.69 Å². The number of allylic oxidation sites excluding steroid dienone is 2. The Labute approximate surface area is 291 Å². The Hall–Kier alpha value is -6.06. The van der Waals surface area contributed by atoms with Gasteiger partial charge in [-0.05, 0) is 97.3 Å². The highest BCUT2D eigenvalue weighted by atomic mass is 16.5. The number of rotatable bonds is 4. The molecule has 0 N–H and O–H groups in total. The fraction of sp³-hybridized carbons (Fsp3) is 0.106. The number of fused-ring (bicyclic) bond motifs is 12. The Morgan fingerprint density at radius 2 is 1.10 bits per heavy atom. The summed E-state index contributed by atoms with van der Waals surface area (Å²) in [5, 5.41) is 7.66. The van der Waals surface area contributed by atoms with Gasteiger partial charge in [-0.15, -0.1) is 0 Å². The highest BCUT2D eigenvalue weighted by molar-refractivity contribution is 6.24. The number of ether oxygens (including phenoxy) is 1. The van der Waals surface area contributed by atoms with Crippen molar-refractivity contribution in [2.45, 2.75) is 33.1 Å². The van der Waals surface area contributed by atoms with E-state index in [0.717, 1.165) is 47.6 Å². The lowest BCUT2D eigenvalue weighted by Gasteiger charge is -2.17. The van der Waals surface area contributed by atoms with Gasteiger partial charge in [0.25, 0.3) is 0 Å². The lowest BCUT2D eigenvalue weighted by Crippen LogP contribution is -1.98. The van der Waals surface area contributed by atoms with Gasteiger partial charge < -0.3 is 13.7 Å². The highest BCUT2D eigenvalue weighted by Crippen LogP contribution is 2.42. The number of aromatic nitrogens is 2. The maximum atomic E-state index is 6.86. The molecule has 0 spiro atoms. The topological polar surface area (TPSA) is 18.6 Å². The molecule has 6 aromatic carbocycles. The minimum Gasteiger partial charge on any atom is -0.456 e. The SMILES string of the molecule is CCC1=C(c2ccccc2)OC(c2ccc(-n3c4ccccc4c4c5cc6c7ccccc7c7ccccc7n6c5ccc43)cc2)=C(C)CC1. The number of benzene rings is 6. The molecule has 3 aromatic heterocycles. The molecule has 0 bridgehead atoms. The zero-order valence-electron chi connectivity index (χ0n) is 28.3. The Morgan fingerprint density at radius 3 is 1.86 bits per heavy atom. The van der Waals surface area contributed by atoms with Crippen LogP contribution in [-0.2, 0) is 4.74 Å². The molecule has 3 heteroatoms. The maximum absolute atomic E-state index is 6.86. The minimum atomic E-state index is 0.975. The smallest absolute Gasteiger partial charge is 0.133 e. The zero-order valence-corrected chi connectivity index (χ0v) is 28.3. The normalized spacial score (nSPS) is 14.1. The first-order valence-corrected chi connectivity index (χ1v) is 17.7. The number of hydrogen-bond donors (Lipinski definition) is 0. The minimum absolute atomic E-state index is 0.975. The second-order valence-electron chi connectivity index (χ2n) is 13.6. The van der Waals surface area contributed by atoms with E-state index in [1.165, 1.54) is 71.0 Å². The molecule has 0 saturated carbocycles. The van der Waals surface area contributed by atoms with Crippen molar-refractivity contribution in [1.82, 2.24) is 8.97 Å². The van der Waals surface area contributed by atoms with Crippen molar-refractivity contribution in [1.29, 1.82) is 0 Å². The summed E-state index contributed by atoms with van der Waals surface area (Å²) in [6, 6.07) is 53.0. The molecule has 50 heavy (non-hydrogen) atoms. The summed E-state index contributed by atoms with van der Waals surface area (Å²) in [5.41, 5.74) is 12.2. The fourth-order valence-corrected chi connectivity index (χ4v) is 8.41. The van der Waals surface area contributed by atoms with E-state index in [-0.39, 0.29) is 0 Å². The standard InChI is InChI=1S/C47H36N2O/c1-3-31-22-21-30(2)46(50-47(31)32-13-5-4-6-14-32)33-23-25-34(26-24-33)48-41-20-12-10-18-38(41)45-39-29-44-37-17-8-7-15-35(37)36-16-9-11-19-40(36)49(44)42(39)27-28-43(45)48/h4-20,23-29H,3,21-22H2,1-2H3. The van der Waals surface area contributed by atoms with Crippen LogP contribution in [0.1, 0.15) is 44.2 Å². The van der Waals surface area contributed by atoms with E-state index in [1.807, 2.05) is 0 Å². The summed E-state index contributed by atoms with van der Waals surface area (Å²) < 4.78 is 11.7. The predicted molar refractivity (Wildman–Crippen MR) is 211 cm³/mol. The monoisotopic (exact) mass is 644 g/mol. The largest absolute Gasteiger partial charge is 0.456 e. The first kappa shape index (κ1) is 28.9. The van der Waals surface area contributed by atoms with Gasteiger partial charge in [-0.2, -0.15) is 0 Å². The van der Waals surface area contributed by atoms with Crippen LogP contribution in [0.4, 0.5) is 0 Å². The summed E-state index contributed by atoms with van der Waals surface area (Å²) in [6.45, 7) is 4.45. The van der Waals surface area contributed by atoms with Crippen LogP contribution in [0, 0.1) is 0 Å². The quantitative estimate of drug-likeness (QED) is 0.174. The molecule has 0 radical (unpaired) electrons. The van der Waals surface area contributed by atoms with Gasteiger partial charge in [-0.25, -0.2) is 0 Å². The van der Waals surface area contributed by atoms with Crippen LogP contribution in [0.3, 0.4) is 0 Å². The van der Waals surface area contributed by atoms with Crippen molar-refractivity contribution >= 4 is 71.4 Å². The van der Waals surface area contributed by atoms with Gasteiger partial charge in [-0.1, -0.05) is 97.9 Å². The van der Waals surface area contributed by atoms with E-state index < -0.39 is 0 Å². The van der Waals surface area contributed by atoms with E-state index in [9.17, 15) is 0 Å². The molecule has 0 fully saturated rings. The molecule has 10 rings (SSSR count). The van der Waals surface area contributed by atoms with E-state index >= 15 is 0 Å². The summed E-state index contributed by atoms with van der Waals surface area (Å²) in [4.78, 5) is 0. The van der Waals surface area contributed by atoms with Gasteiger partial charge in [0.05, 0.1) is 27.6 Å². The molecule has 3 nitrogen and oxygen atoms in total. The lowest BCUT2D eigenvalue weighted by atomic mass is 10.00. The molecule has 9 aromatic rings. The molecule has 1 aliphatic heterocycles. The third-order valence-electron chi connectivity index (χ3n) is 10.8. The third kappa shape index (κ3) is 4.23. The molecule has 0 unspecified atom stereocenters. The van der Waals surface area contributed by atoms with Crippen molar-refractivity contribution in [3.05, 3.63) is 168 Å². The van der Waals surface area contributed by atoms with Gasteiger partial charge in [0.2, 0.25) is 0 Å². The van der Waals surface area contributed by atoms with Crippen LogP contribution in [0.5, 0.6) is 0 Å².